The number of nitrogens with zero attached hydrogens (tertiary/aromatic N) is 5. The van der Waals surface area contributed by atoms with E-state index in [0.29, 0.717) is 11.4 Å². The molecule has 1 N–H and O–H groups in total. The minimum Gasteiger partial charge on any atom is -0.351 e. The molecule has 1 amide bonds. The number of thiazole rings is 1. The Hall–Kier alpha value is -3.00. The van der Waals surface area contributed by atoms with E-state index in [1.54, 1.807) is 0 Å². The average Bonchev–Trinajstić information content (AvgIpc) is 3.44. The molecule has 0 fully saturated rings. The van der Waals surface area contributed by atoms with Gasteiger partial charge in [-0.05, 0) is 44.0 Å². The van der Waals surface area contributed by atoms with Crippen molar-refractivity contribution in [2.24, 2.45) is 0 Å². The van der Waals surface area contributed by atoms with E-state index in [0.717, 1.165) is 48.0 Å². The van der Waals surface area contributed by atoms with Crippen LogP contribution in [-0.4, -0.2) is 36.6 Å². The molecule has 8 heteroatoms. The smallest absolute Gasteiger partial charge is 0.263 e. The summed E-state index contributed by atoms with van der Waals surface area (Å²) in [5.41, 5.74) is 1.65. The molecule has 4 aromatic heterocycles. The Morgan fingerprint density at radius 3 is 2.75 bits per heavy atom. The number of carbonyl (C=O) groups excluding carboxylic acids is 1. The summed E-state index contributed by atoms with van der Waals surface area (Å²) in [5, 5.41) is 12.2. The van der Waals surface area contributed by atoms with Crippen molar-refractivity contribution >= 4 is 22.9 Å². The minimum absolute atomic E-state index is 0.0446. The highest BCUT2D eigenvalue weighted by Crippen LogP contribution is 2.21. The van der Waals surface area contributed by atoms with Crippen LogP contribution in [0, 0.1) is 6.92 Å². The van der Waals surface area contributed by atoms with E-state index >= 15 is 0 Å². The number of pyridine rings is 1. The fraction of sp³-hybridized carbons (Fsp3) is 0.300. The normalized spacial score (nSPS) is 11.2. The second kappa shape index (κ2) is 8.35. The molecular formula is C20H22N6OS. The van der Waals surface area contributed by atoms with E-state index in [2.05, 4.69) is 20.5 Å². The summed E-state index contributed by atoms with van der Waals surface area (Å²) >= 11 is 1.41. The molecule has 0 aromatic carbocycles. The maximum Gasteiger partial charge on any atom is 0.263 e. The summed E-state index contributed by atoms with van der Waals surface area (Å²) in [5.74, 6) is 0.939. The first kappa shape index (κ1) is 18.4. The number of nitrogens with one attached hydrogen (secondary N) is 1. The Bertz CT molecular complexity index is 1070. The molecule has 28 heavy (non-hydrogen) atoms. The van der Waals surface area contributed by atoms with Crippen molar-refractivity contribution in [1.29, 1.82) is 0 Å². The highest BCUT2D eigenvalue weighted by molar-refractivity contribution is 7.16. The van der Waals surface area contributed by atoms with Crippen molar-refractivity contribution in [2.45, 2.75) is 32.6 Å². The molecule has 0 atom stereocenters. The fourth-order valence-electron chi connectivity index (χ4n) is 3.09. The van der Waals surface area contributed by atoms with Crippen molar-refractivity contribution in [3.05, 3.63) is 65.3 Å². The van der Waals surface area contributed by atoms with Gasteiger partial charge < -0.3 is 9.88 Å². The molecule has 0 unspecified atom stereocenters. The second-order valence-electron chi connectivity index (χ2n) is 6.61. The van der Waals surface area contributed by atoms with E-state index in [1.807, 2.05) is 64.8 Å². The number of aromatic nitrogens is 5. The Balaban J connectivity index is 1.22. The van der Waals surface area contributed by atoms with Gasteiger partial charge in [0.25, 0.3) is 5.91 Å². The molecule has 0 bridgehead atoms. The van der Waals surface area contributed by atoms with E-state index in [4.69, 9.17) is 0 Å². The van der Waals surface area contributed by atoms with Crippen LogP contribution in [0.3, 0.4) is 0 Å². The zero-order chi connectivity index (χ0) is 19.3. The molecule has 4 aromatic rings. The lowest BCUT2D eigenvalue weighted by Gasteiger charge is -2.04. The van der Waals surface area contributed by atoms with E-state index in [9.17, 15) is 4.79 Å². The molecule has 0 saturated heterocycles. The number of aryl methyl sites for hydroxylation is 2. The lowest BCUT2D eigenvalue weighted by atomic mass is 10.2. The lowest BCUT2D eigenvalue weighted by Crippen LogP contribution is -2.24. The van der Waals surface area contributed by atoms with Gasteiger partial charge >= 0.3 is 0 Å². The summed E-state index contributed by atoms with van der Waals surface area (Å²) < 4.78 is 3.94. The summed E-state index contributed by atoms with van der Waals surface area (Å²) in [4.78, 5) is 17.6. The van der Waals surface area contributed by atoms with Crippen molar-refractivity contribution < 1.29 is 4.79 Å². The number of amides is 1. The standard InChI is InChI=1S/C20H22N6OS/c1-15-18(28-20(22-15)25-12-7-8-13-25)19(27)21-11-5-2-3-9-16-23-24-17-10-4-6-14-26(16)17/h4,6-8,10,12-14H,2-3,5,9,11H2,1H3,(H,21,27). The minimum atomic E-state index is -0.0446. The Kier molecular flexibility index (Phi) is 5.48. The van der Waals surface area contributed by atoms with E-state index in [-0.39, 0.29) is 5.91 Å². The van der Waals surface area contributed by atoms with Crippen molar-refractivity contribution in [1.82, 2.24) is 29.5 Å². The van der Waals surface area contributed by atoms with Crippen LogP contribution in [0.1, 0.15) is 40.5 Å². The summed E-state index contributed by atoms with van der Waals surface area (Å²) in [6.07, 6.45) is 9.71. The summed E-state index contributed by atoms with van der Waals surface area (Å²) in [6, 6.07) is 9.79. The third kappa shape index (κ3) is 3.96. The third-order valence-corrected chi connectivity index (χ3v) is 5.73. The van der Waals surface area contributed by atoms with Crippen LogP contribution < -0.4 is 5.32 Å². The number of rotatable bonds is 8. The Labute approximate surface area is 167 Å². The van der Waals surface area contributed by atoms with Crippen LogP contribution in [0.5, 0.6) is 0 Å². The number of hydrogen-bond donors (Lipinski definition) is 1. The molecule has 4 rings (SSSR count). The Morgan fingerprint density at radius 2 is 1.89 bits per heavy atom. The molecule has 144 valence electrons. The van der Waals surface area contributed by atoms with Gasteiger partial charge in [-0.1, -0.05) is 23.8 Å². The van der Waals surface area contributed by atoms with Crippen LogP contribution in [0.15, 0.2) is 48.9 Å². The van der Waals surface area contributed by atoms with Gasteiger partial charge in [0.05, 0.1) is 5.69 Å². The maximum absolute atomic E-state index is 12.4. The quantitative estimate of drug-likeness (QED) is 0.465. The van der Waals surface area contributed by atoms with Gasteiger partial charge in [-0.3, -0.25) is 9.20 Å². The van der Waals surface area contributed by atoms with E-state index < -0.39 is 0 Å². The van der Waals surface area contributed by atoms with E-state index in [1.165, 1.54) is 11.3 Å². The summed E-state index contributed by atoms with van der Waals surface area (Å²) in [7, 11) is 0. The van der Waals surface area contributed by atoms with Gasteiger partial charge in [0.2, 0.25) is 0 Å². The molecule has 4 heterocycles. The van der Waals surface area contributed by atoms with Gasteiger partial charge in [-0.2, -0.15) is 0 Å². The van der Waals surface area contributed by atoms with Crippen LogP contribution in [0.25, 0.3) is 10.8 Å². The first-order valence-corrected chi connectivity index (χ1v) is 10.2. The van der Waals surface area contributed by atoms with Gasteiger partial charge in [0.1, 0.15) is 10.7 Å². The predicted octanol–water partition coefficient (Wildman–Crippen LogP) is 3.43. The Morgan fingerprint density at radius 1 is 1.07 bits per heavy atom. The maximum atomic E-state index is 12.4. The van der Waals surface area contributed by atoms with Crippen molar-refractivity contribution in [3.63, 3.8) is 0 Å². The predicted molar refractivity (Wildman–Crippen MR) is 109 cm³/mol. The number of carbonyl (C=O) groups is 1. The summed E-state index contributed by atoms with van der Waals surface area (Å²) in [6.45, 7) is 2.54. The van der Waals surface area contributed by atoms with Crippen LogP contribution in [-0.2, 0) is 6.42 Å². The largest absolute Gasteiger partial charge is 0.351 e. The van der Waals surface area contributed by atoms with Crippen LogP contribution >= 0.6 is 11.3 Å². The lowest BCUT2D eigenvalue weighted by molar-refractivity contribution is 0.0956. The molecule has 0 aliphatic carbocycles. The SMILES string of the molecule is Cc1nc(-n2cccc2)sc1C(=O)NCCCCCc1nnc2ccccn12. The van der Waals surface area contributed by atoms with Gasteiger partial charge in [-0.25, -0.2) is 4.98 Å². The first-order valence-electron chi connectivity index (χ1n) is 9.40. The topological polar surface area (TPSA) is 77.1 Å². The molecule has 0 aliphatic heterocycles. The second-order valence-corrected chi connectivity index (χ2v) is 7.59. The van der Waals surface area contributed by atoms with Crippen LogP contribution in [0.2, 0.25) is 0 Å². The number of hydrogen-bond acceptors (Lipinski definition) is 5. The highest BCUT2D eigenvalue weighted by Gasteiger charge is 2.15. The monoisotopic (exact) mass is 394 g/mol. The van der Waals surface area contributed by atoms with Gasteiger partial charge in [0, 0.05) is 31.6 Å². The third-order valence-electron chi connectivity index (χ3n) is 4.56. The first-order chi connectivity index (χ1) is 13.7. The van der Waals surface area contributed by atoms with Gasteiger partial charge in [-0.15, -0.1) is 10.2 Å². The highest BCUT2D eigenvalue weighted by atomic mass is 32.1. The number of unbranched alkanes of at least 4 members (excludes halogenated alkanes) is 2. The number of fused-ring (bicyclic) bond motifs is 1. The zero-order valence-corrected chi connectivity index (χ0v) is 16.5. The van der Waals surface area contributed by atoms with Crippen LogP contribution in [0.4, 0.5) is 0 Å². The van der Waals surface area contributed by atoms with Crippen molar-refractivity contribution in [2.75, 3.05) is 6.54 Å². The zero-order valence-electron chi connectivity index (χ0n) is 15.7. The van der Waals surface area contributed by atoms with Crippen molar-refractivity contribution in [3.8, 4) is 5.13 Å². The fourth-order valence-corrected chi connectivity index (χ4v) is 4.04. The van der Waals surface area contributed by atoms with Gasteiger partial charge in [0.15, 0.2) is 10.8 Å². The molecule has 0 saturated carbocycles. The molecule has 0 aliphatic rings. The average molecular weight is 395 g/mol. The molecule has 7 nitrogen and oxygen atoms in total. The molecular weight excluding hydrogens is 372 g/mol. The molecule has 0 spiro atoms. The molecule has 0 radical (unpaired) electrons.